The lowest BCUT2D eigenvalue weighted by Crippen LogP contribution is -2.00. The number of hydrogen-bond donors (Lipinski definition) is 0. The molecule has 0 bridgehead atoms. The number of fused-ring (bicyclic) bond motifs is 24. The lowest BCUT2D eigenvalue weighted by atomic mass is 10.1. The molecule has 0 amide bonds. The highest BCUT2D eigenvalue weighted by Crippen LogP contribution is 2.46. The van der Waals surface area contributed by atoms with E-state index in [-0.39, 0.29) is 0 Å². The van der Waals surface area contributed by atoms with Crippen molar-refractivity contribution in [3.8, 4) is 94.1 Å². The average Bonchev–Trinajstić information content (AvgIpc) is 1.61. The van der Waals surface area contributed by atoms with Crippen LogP contribution in [-0.4, -0.2) is 36.5 Å². The molecule has 28 rings (SSSR count). The van der Waals surface area contributed by atoms with Crippen LogP contribution in [0.15, 0.2) is 437 Å². The molecule has 0 atom stereocenters. The minimum Gasteiger partial charge on any atom is -0.309 e. The second-order valence-corrected chi connectivity index (χ2v) is 35.6. The zero-order valence-corrected chi connectivity index (χ0v) is 76.7. The first-order valence-corrected chi connectivity index (χ1v) is 47.0. The summed E-state index contributed by atoms with van der Waals surface area (Å²) in [6, 6.07) is 166. The van der Waals surface area contributed by atoms with Crippen molar-refractivity contribution in [2.45, 2.75) is 0 Å². The number of aromatic nitrogens is 8. The van der Waals surface area contributed by atoms with Gasteiger partial charge in [-0.2, -0.15) is 42.1 Å². The molecule has 0 N–H and O–H groups in total. The second-order valence-electron chi connectivity index (χ2n) is 35.6. The molecule has 0 fully saturated rings. The summed E-state index contributed by atoms with van der Waals surface area (Å²) in [6.07, 6.45) is 0. The molecule has 8 aromatic heterocycles. The quantitative estimate of drug-likeness (QED) is 0.142. The van der Waals surface area contributed by atoms with Crippen molar-refractivity contribution < 1.29 is 0 Å². The van der Waals surface area contributed by atoms with Crippen LogP contribution in [0.4, 0.5) is 0 Å². The van der Waals surface area contributed by atoms with Crippen LogP contribution < -0.4 is 0 Å². The molecule has 20 aromatic carbocycles. The number of hydrogen-bond acceptors (Lipinski definition) is 8. The normalized spacial score (nSPS) is 11.3. The molecule has 0 saturated heterocycles. The second kappa shape index (κ2) is 34.5. The fraction of sp³-hybridized carbons (Fsp3) is 0. The summed E-state index contributed by atoms with van der Waals surface area (Å²) in [5, 5.41) is 93.4. The van der Waals surface area contributed by atoms with Crippen molar-refractivity contribution in [2.24, 2.45) is 0 Å². The summed E-state index contributed by atoms with van der Waals surface area (Å²) in [6.45, 7) is 0. The Balaban J connectivity index is 0.000000101. The van der Waals surface area contributed by atoms with Gasteiger partial charge in [0.2, 0.25) is 0 Å². The average molecular weight is 1830 g/mol. The lowest BCUT2D eigenvalue weighted by molar-refractivity contribution is 1.13. The standard InChI is InChI=1S/4C32H18N4/c33-19-21-13-15-29-26(17-21)27-18-22(20-34)14-16-30(27)36(29)31-12-6-10-25-24-9-4-5-11-28(24)35(32(25)31)23-7-2-1-3-8-23;33-19-21-13-15-28-25(17-21)26-18-22(20-34)14-16-29(26)36(28)31-12-6-11-30-32(31)24-9-4-5-10-27(24)35(30)23-7-2-1-3-8-23;33-19-21-10-14-30-27(16-21)28-17-22(20-34)11-15-31(28)36(30)24-12-13-26-25-8-4-5-9-29(25)35(32(26)18-24)23-6-2-1-3-7-23;33-19-21-10-13-30-26(16-21)27-17-22(20-34)11-14-31(27)36(30)24-12-15-32-28(18-24)25-8-4-5-9-29(25)35(32)23-6-2-1-3-7-23/h4*1-18H. The van der Waals surface area contributed by atoms with E-state index in [4.69, 9.17) is 0 Å². The van der Waals surface area contributed by atoms with Gasteiger partial charge in [-0.1, -0.05) is 170 Å². The van der Waals surface area contributed by atoms with Crippen molar-refractivity contribution >= 4 is 174 Å². The zero-order chi connectivity index (χ0) is 96.9. The maximum Gasteiger partial charge on any atom is 0.0991 e. The monoisotopic (exact) mass is 1830 g/mol. The third-order valence-electron chi connectivity index (χ3n) is 27.8. The molecule has 0 aliphatic carbocycles. The fourth-order valence-corrected chi connectivity index (χ4v) is 21.7. The Bertz CT molecular complexity index is 10300. The van der Waals surface area contributed by atoms with E-state index >= 15 is 0 Å². The Morgan fingerprint density at radius 1 is 0.125 bits per heavy atom. The highest BCUT2D eigenvalue weighted by Gasteiger charge is 2.27. The molecular formula is C128H72N16. The molecule has 28 aromatic rings. The smallest absolute Gasteiger partial charge is 0.0991 e. The van der Waals surface area contributed by atoms with Gasteiger partial charge < -0.3 is 36.5 Å². The Morgan fingerprint density at radius 2 is 0.347 bits per heavy atom. The van der Waals surface area contributed by atoms with Crippen LogP contribution in [0.2, 0.25) is 0 Å². The van der Waals surface area contributed by atoms with Gasteiger partial charge in [-0.3, -0.25) is 0 Å². The van der Waals surface area contributed by atoms with E-state index in [2.05, 4.69) is 352 Å². The summed E-state index contributed by atoms with van der Waals surface area (Å²) < 4.78 is 18.2. The SMILES string of the molecule is N#Cc1ccc2c(c1)c1cc(C#N)ccc1n2-c1ccc2c(c1)c1ccccc1n2-c1ccccc1.N#Cc1ccc2c(c1)c1cc(C#N)ccc1n2-c1ccc2c3ccccc3n(-c3ccccc3)c2c1.N#Cc1ccc2c(c1)c1cc(C#N)ccc1n2-c1cccc2c1c1ccccc1n2-c1ccccc1.N#Cc1ccc2c(c1)c1cc(C#N)ccc1n2-c1cccc2c3ccccc3n(-c3ccccc3)c12. The van der Waals surface area contributed by atoms with Gasteiger partial charge in [0, 0.05) is 120 Å². The van der Waals surface area contributed by atoms with Gasteiger partial charge >= 0.3 is 0 Å². The van der Waals surface area contributed by atoms with Gasteiger partial charge in [-0.25, -0.2) is 0 Å². The van der Waals surface area contributed by atoms with Crippen LogP contribution in [0, 0.1) is 90.6 Å². The van der Waals surface area contributed by atoms with E-state index in [0.29, 0.717) is 44.5 Å². The van der Waals surface area contributed by atoms with Gasteiger partial charge in [0.15, 0.2) is 0 Å². The van der Waals surface area contributed by atoms with E-state index in [1.807, 2.05) is 170 Å². The fourth-order valence-electron chi connectivity index (χ4n) is 21.7. The first kappa shape index (κ1) is 84.5. The van der Waals surface area contributed by atoms with E-state index in [0.717, 1.165) is 182 Å². The molecule has 144 heavy (non-hydrogen) atoms. The predicted octanol–water partition coefficient (Wildman–Crippen LogP) is 30.5. The predicted molar refractivity (Wildman–Crippen MR) is 578 cm³/mol. The Kier molecular flexibility index (Phi) is 20.2. The van der Waals surface area contributed by atoms with Crippen molar-refractivity contribution in [1.82, 2.24) is 36.5 Å². The van der Waals surface area contributed by atoms with Crippen molar-refractivity contribution in [1.29, 1.82) is 42.1 Å². The van der Waals surface area contributed by atoms with Crippen LogP contribution >= 0.6 is 0 Å². The highest BCUT2D eigenvalue weighted by molar-refractivity contribution is 6.20. The highest BCUT2D eigenvalue weighted by atomic mass is 15.1. The first-order valence-electron chi connectivity index (χ1n) is 47.0. The van der Waals surface area contributed by atoms with Crippen LogP contribution in [0.25, 0.3) is 220 Å². The van der Waals surface area contributed by atoms with Crippen LogP contribution in [-0.2, 0) is 0 Å². The summed E-state index contributed by atoms with van der Waals surface area (Å²) in [4.78, 5) is 0. The van der Waals surface area contributed by atoms with Crippen molar-refractivity contribution in [3.05, 3.63) is 481 Å². The molecule has 0 saturated carbocycles. The number of benzene rings is 20. The minimum absolute atomic E-state index is 0.598. The van der Waals surface area contributed by atoms with Crippen LogP contribution in [0.3, 0.4) is 0 Å². The van der Waals surface area contributed by atoms with Crippen molar-refractivity contribution in [2.75, 3.05) is 0 Å². The third kappa shape index (κ3) is 13.6. The molecule has 0 aliphatic rings. The Hall–Kier alpha value is -21.3. The molecule has 0 aliphatic heterocycles. The number of para-hydroxylation sites is 9. The summed E-state index contributed by atoms with van der Waals surface area (Å²) in [7, 11) is 0. The van der Waals surface area contributed by atoms with Crippen LogP contribution in [0.5, 0.6) is 0 Å². The van der Waals surface area contributed by atoms with Gasteiger partial charge in [-0.05, 0) is 267 Å². The van der Waals surface area contributed by atoms with E-state index in [1.54, 1.807) is 0 Å². The first-order chi connectivity index (χ1) is 71.1. The molecule has 16 heteroatoms. The van der Waals surface area contributed by atoms with E-state index in [1.165, 1.54) is 37.7 Å². The molecule has 8 heterocycles. The van der Waals surface area contributed by atoms with Gasteiger partial charge in [0.25, 0.3) is 0 Å². The molecular weight excluding hydrogens is 1760 g/mol. The molecule has 0 radical (unpaired) electrons. The maximum absolute atomic E-state index is 9.57. The number of nitrogens with zero attached hydrogens (tertiary/aromatic N) is 16. The maximum atomic E-state index is 9.57. The molecule has 664 valence electrons. The number of nitriles is 8. The molecule has 0 spiro atoms. The Morgan fingerprint density at radius 3 is 0.722 bits per heavy atom. The topological polar surface area (TPSA) is 230 Å². The summed E-state index contributed by atoms with van der Waals surface area (Å²) >= 11 is 0. The largest absolute Gasteiger partial charge is 0.309 e. The van der Waals surface area contributed by atoms with E-state index < -0.39 is 0 Å². The van der Waals surface area contributed by atoms with Gasteiger partial charge in [-0.15, -0.1) is 0 Å². The van der Waals surface area contributed by atoms with Gasteiger partial charge in [0.1, 0.15) is 0 Å². The summed E-state index contributed by atoms with van der Waals surface area (Å²) in [5.74, 6) is 0. The summed E-state index contributed by atoms with van der Waals surface area (Å²) in [5.41, 5.74) is 30.5. The van der Waals surface area contributed by atoms with Gasteiger partial charge in [0.05, 0.1) is 193 Å². The van der Waals surface area contributed by atoms with Crippen LogP contribution in [0.1, 0.15) is 44.5 Å². The molecule has 16 nitrogen and oxygen atoms in total. The van der Waals surface area contributed by atoms with Crippen molar-refractivity contribution in [3.63, 3.8) is 0 Å². The molecule has 0 unspecified atom stereocenters. The number of rotatable bonds is 8. The zero-order valence-electron chi connectivity index (χ0n) is 76.7. The minimum atomic E-state index is 0.598. The van der Waals surface area contributed by atoms with E-state index in [9.17, 15) is 42.1 Å². The Labute approximate surface area is 822 Å². The lowest BCUT2D eigenvalue weighted by Gasteiger charge is -2.14. The third-order valence-corrected chi connectivity index (χ3v) is 27.8.